The third-order valence-corrected chi connectivity index (χ3v) is 12.3. The van der Waals surface area contributed by atoms with Gasteiger partial charge in [0.15, 0.2) is 0 Å². The number of alkyl halides is 12. The van der Waals surface area contributed by atoms with Crippen LogP contribution in [0.5, 0.6) is 5.75 Å². The Kier molecular flexibility index (Phi) is 19.6. The Hall–Kier alpha value is -8.55. The number of nitrogens with one attached hydrogen (secondary N) is 3. The number of amides is 3. The summed E-state index contributed by atoms with van der Waals surface area (Å²) in [6, 6.07) is 31.5. The van der Waals surface area contributed by atoms with Gasteiger partial charge in [-0.15, -0.1) is 15.3 Å². The second-order valence-corrected chi connectivity index (χ2v) is 19.5. The molecule has 6 aromatic carbocycles. The summed E-state index contributed by atoms with van der Waals surface area (Å²) in [6.45, 7) is 0. The van der Waals surface area contributed by atoms with Crippen molar-refractivity contribution in [3.05, 3.63) is 173 Å². The van der Waals surface area contributed by atoms with E-state index in [-0.39, 0.29) is 108 Å². The molecule has 0 aliphatic carbocycles. The molecule has 0 saturated carbocycles. The molecule has 0 atom stereocenters. The van der Waals surface area contributed by atoms with Crippen LogP contribution < -0.4 is 20.7 Å². The molecule has 0 spiro atoms. The summed E-state index contributed by atoms with van der Waals surface area (Å²) in [7, 11) is 1.55. The van der Waals surface area contributed by atoms with E-state index in [0.717, 1.165) is 36.4 Å². The Morgan fingerprint density at radius 2 is 0.695 bits per heavy atom. The normalized spacial score (nSPS) is 11.6. The second kappa shape index (κ2) is 26.4. The highest BCUT2D eigenvalue weighted by Gasteiger charge is 2.32. The fourth-order valence-corrected chi connectivity index (χ4v) is 7.98. The van der Waals surface area contributed by atoms with Crippen molar-refractivity contribution >= 4 is 82.7 Å². The molecule has 9 aromatic rings. The first-order chi connectivity index (χ1) is 38.6. The minimum absolute atomic E-state index is 0.0152. The number of nitrogens with zero attached hydrogens (tertiary/aromatic N) is 6. The molecule has 0 unspecified atom stereocenters. The number of aromatic nitrogens is 6. The highest BCUT2D eigenvalue weighted by molar-refractivity contribution is 8.00. The van der Waals surface area contributed by atoms with Crippen LogP contribution in [0.4, 0.5) is 70.7 Å². The first-order valence-corrected chi connectivity index (χ1v) is 25.1. The average Bonchev–Trinajstić information content (AvgIpc) is 4.41. The number of halogens is 13. The van der Waals surface area contributed by atoms with Crippen LogP contribution >= 0.6 is 46.9 Å². The van der Waals surface area contributed by atoms with Crippen molar-refractivity contribution in [3.63, 3.8) is 0 Å². The van der Waals surface area contributed by atoms with Crippen LogP contribution in [0.2, 0.25) is 5.02 Å². The first-order valence-electron chi connectivity index (χ1n) is 22.3. The molecule has 0 bridgehead atoms. The molecule has 0 fully saturated rings. The lowest BCUT2D eigenvalue weighted by atomic mass is 10.1. The van der Waals surface area contributed by atoms with Crippen LogP contribution in [0.25, 0.3) is 34.4 Å². The molecule has 3 aromatic heterocycles. The largest absolute Gasteiger partial charge is 0.497 e. The van der Waals surface area contributed by atoms with E-state index in [1.54, 1.807) is 55.6 Å². The SMILES string of the molecule is COc1ccc(-c2nnc(NC(=O)c3ccc(SC(F)(F)F)cc3)o2)cc1.O=C(Nc1nnc(-c2ccc(C(F)(F)F)cc2)o1)c1ccc(SC(F)(F)F)cc1.O=C(Nc1nnc(-c2ccc(Cl)cc2)o1)c1ccc(SC(F)(F)F)cc1. The van der Waals surface area contributed by atoms with Crippen LogP contribution in [-0.2, 0) is 6.18 Å². The summed E-state index contributed by atoms with van der Waals surface area (Å²) in [6.07, 6.45) is -4.49. The molecule has 16 nitrogen and oxygen atoms in total. The van der Waals surface area contributed by atoms with Crippen molar-refractivity contribution in [3.8, 4) is 40.1 Å². The number of hydrogen-bond acceptors (Lipinski definition) is 16. The number of hydrogen-bond donors (Lipinski definition) is 3. The summed E-state index contributed by atoms with van der Waals surface area (Å²) in [4.78, 5) is 36.3. The van der Waals surface area contributed by atoms with E-state index in [9.17, 15) is 67.1 Å². The van der Waals surface area contributed by atoms with E-state index in [2.05, 4.69) is 46.5 Å². The zero-order valence-corrected chi connectivity index (χ0v) is 43.7. The fraction of sp³-hybridized carbons (Fsp3) is 0.100. The van der Waals surface area contributed by atoms with Gasteiger partial charge in [0.05, 0.1) is 12.7 Å². The van der Waals surface area contributed by atoms with Gasteiger partial charge in [0.2, 0.25) is 17.7 Å². The van der Waals surface area contributed by atoms with Crippen molar-refractivity contribution in [2.24, 2.45) is 0 Å². The number of carbonyl (C=O) groups is 3. The second-order valence-electron chi connectivity index (χ2n) is 15.6. The standard InChI is InChI=1S/C17H9F6N3O2S.C17H12F3N3O3S.C16H9ClF3N3O2S/c18-16(19,20)11-5-1-10(2-6-11)14-25-26-15(28-14)24-13(27)9-3-7-12(8-4-9)29-17(21,22)23;1-25-12-6-2-11(3-7-12)15-22-23-16(26-15)21-14(24)10-4-8-13(9-5-10)27-17(18,19)20;17-11-5-1-10(2-6-11)14-22-23-15(25-14)21-13(24)9-3-7-12(8-4-9)26-16(18,19)20/h1-8H,(H,24,26,27);2-9H,1H3,(H,21,23,24);1-8H,(H,21,23,24). The molecule has 3 amide bonds. The molecule has 0 radical (unpaired) electrons. The average molecular weight is 1230 g/mol. The zero-order chi connectivity index (χ0) is 59.4. The van der Waals surface area contributed by atoms with Crippen LogP contribution in [0.3, 0.4) is 0 Å². The zero-order valence-electron chi connectivity index (χ0n) is 40.5. The monoisotopic (exact) mass is 1230 g/mol. The summed E-state index contributed by atoms with van der Waals surface area (Å²) in [5.41, 5.74) is -12.2. The van der Waals surface area contributed by atoms with Crippen LogP contribution in [-0.4, -0.2) is 71.9 Å². The summed E-state index contributed by atoms with van der Waals surface area (Å²) in [5, 5.41) is 29.9. The number of methoxy groups -OCH3 is 1. The predicted octanol–water partition coefficient (Wildman–Crippen LogP) is 15.5. The lowest BCUT2D eigenvalue weighted by Gasteiger charge is -2.06. The van der Waals surface area contributed by atoms with Gasteiger partial charge in [0.1, 0.15) is 5.75 Å². The van der Waals surface area contributed by atoms with Crippen molar-refractivity contribution in [2.75, 3.05) is 23.1 Å². The topological polar surface area (TPSA) is 213 Å². The third kappa shape index (κ3) is 18.8. The predicted molar refractivity (Wildman–Crippen MR) is 275 cm³/mol. The maximum atomic E-state index is 12.6. The number of carbonyl (C=O) groups excluding carboxylic acids is 3. The molecule has 0 aliphatic heterocycles. The van der Waals surface area contributed by atoms with Gasteiger partial charge in [-0.25, -0.2) is 0 Å². The lowest BCUT2D eigenvalue weighted by Crippen LogP contribution is -2.12. The van der Waals surface area contributed by atoms with Crippen LogP contribution in [0.1, 0.15) is 36.6 Å². The first kappa shape index (κ1) is 61.1. The molecule has 32 heteroatoms. The highest BCUT2D eigenvalue weighted by Crippen LogP contribution is 2.39. The maximum absolute atomic E-state index is 12.6. The Morgan fingerprint density at radius 1 is 0.415 bits per heavy atom. The Labute approximate surface area is 469 Å². The minimum Gasteiger partial charge on any atom is -0.497 e. The summed E-state index contributed by atoms with van der Waals surface area (Å²) >= 11 is 4.98. The fourth-order valence-electron chi connectivity index (χ4n) is 6.23. The number of rotatable bonds is 13. The summed E-state index contributed by atoms with van der Waals surface area (Å²) in [5.74, 6) is -0.942. The quantitative estimate of drug-likeness (QED) is 0.0723. The Bertz CT molecular complexity index is 3590. The van der Waals surface area contributed by atoms with Gasteiger partial charge in [-0.2, -0.15) is 52.7 Å². The van der Waals surface area contributed by atoms with E-state index >= 15 is 0 Å². The van der Waals surface area contributed by atoms with Crippen molar-refractivity contribution < 1.29 is 85.1 Å². The third-order valence-electron chi connectivity index (χ3n) is 9.87. The van der Waals surface area contributed by atoms with Crippen LogP contribution in [0, 0.1) is 0 Å². The molecule has 9 rings (SSSR count). The van der Waals surface area contributed by atoms with Gasteiger partial charge in [0.25, 0.3) is 17.7 Å². The molecule has 3 heterocycles. The molecular formula is C50H30ClF12N9O7S3. The molecule has 426 valence electrons. The van der Waals surface area contributed by atoms with Crippen molar-refractivity contribution in [1.29, 1.82) is 0 Å². The minimum atomic E-state index is -4.49. The van der Waals surface area contributed by atoms with Gasteiger partial charge in [-0.3, -0.25) is 30.3 Å². The smallest absolute Gasteiger partial charge is 0.446 e. The van der Waals surface area contributed by atoms with E-state index in [1.807, 2.05) is 0 Å². The number of ether oxygens (including phenoxy) is 1. The van der Waals surface area contributed by atoms with Gasteiger partial charge in [0, 0.05) is 53.1 Å². The molecule has 0 saturated heterocycles. The van der Waals surface area contributed by atoms with Gasteiger partial charge < -0.3 is 18.0 Å². The molecule has 3 N–H and O–H groups in total. The Balaban J connectivity index is 0.000000177. The highest BCUT2D eigenvalue weighted by atomic mass is 35.5. The van der Waals surface area contributed by atoms with Crippen molar-refractivity contribution in [1.82, 2.24) is 30.6 Å². The van der Waals surface area contributed by atoms with Gasteiger partial charge >= 0.3 is 40.7 Å². The molecular weight excluding hydrogens is 1200 g/mol. The maximum Gasteiger partial charge on any atom is 0.446 e. The lowest BCUT2D eigenvalue weighted by molar-refractivity contribution is -0.137. The molecule has 82 heavy (non-hydrogen) atoms. The van der Waals surface area contributed by atoms with E-state index in [1.165, 1.54) is 60.7 Å². The van der Waals surface area contributed by atoms with Crippen LogP contribution in [0.15, 0.2) is 174 Å². The number of benzene rings is 6. The molecule has 0 aliphatic rings. The van der Waals surface area contributed by atoms with E-state index in [4.69, 9.17) is 29.6 Å². The van der Waals surface area contributed by atoms with E-state index < -0.39 is 46.0 Å². The van der Waals surface area contributed by atoms with Gasteiger partial charge in [-0.1, -0.05) is 26.9 Å². The van der Waals surface area contributed by atoms with E-state index in [0.29, 0.717) is 21.9 Å². The van der Waals surface area contributed by atoms with Gasteiger partial charge in [-0.05, 0) is 181 Å². The number of thioether (sulfide) groups is 3. The summed E-state index contributed by atoms with van der Waals surface area (Å²) < 4.78 is 170. The number of anilines is 3. The van der Waals surface area contributed by atoms with Crippen molar-refractivity contribution in [2.45, 2.75) is 37.4 Å². The Morgan fingerprint density at radius 3 is 0.963 bits per heavy atom.